The Labute approximate surface area is 126 Å². The zero-order chi connectivity index (χ0) is 15.4. The van der Waals surface area contributed by atoms with E-state index in [1.165, 1.54) is 6.07 Å². The van der Waals surface area contributed by atoms with Crippen LogP contribution in [0.1, 0.15) is 17.2 Å². The fourth-order valence-corrected chi connectivity index (χ4v) is 3.19. The van der Waals surface area contributed by atoms with Crippen molar-refractivity contribution in [2.24, 2.45) is 0 Å². The van der Waals surface area contributed by atoms with E-state index in [-0.39, 0.29) is 5.56 Å². The Morgan fingerprint density at radius 2 is 1.76 bits per heavy atom. The van der Waals surface area contributed by atoms with Gasteiger partial charge >= 0.3 is 0 Å². The Balaban J connectivity index is 2.18. The molecule has 0 aliphatic rings. The van der Waals surface area contributed by atoms with Crippen LogP contribution in [0, 0.1) is 24.4 Å². The third-order valence-electron chi connectivity index (χ3n) is 3.29. The Morgan fingerprint density at radius 3 is 2.43 bits per heavy atom. The zero-order valence-electron chi connectivity index (χ0n) is 11.8. The summed E-state index contributed by atoms with van der Waals surface area (Å²) in [6, 6.07) is 9.70. The first-order valence-electron chi connectivity index (χ1n) is 6.53. The normalized spacial score (nSPS) is 12.4. The summed E-state index contributed by atoms with van der Waals surface area (Å²) in [6.07, 6.45) is 0. The number of hydrogen-bond donors (Lipinski definition) is 1. The molecular formula is C16H16F3NS. The largest absolute Gasteiger partial charge is 0.312 e. The third-order valence-corrected chi connectivity index (χ3v) is 4.56. The summed E-state index contributed by atoms with van der Waals surface area (Å²) in [4.78, 5) is 1.08. The van der Waals surface area contributed by atoms with Gasteiger partial charge in [0.25, 0.3) is 0 Å². The lowest BCUT2D eigenvalue weighted by molar-refractivity contribution is 0.433. The maximum absolute atomic E-state index is 13.8. The number of hydrogen-bond acceptors (Lipinski definition) is 2. The third kappa shape index (κ3) is 3.60. The summed E-state index contributed by atoms with van der Waals surface area (Å²) in [5, 5.41) is 2.95. The molecule has 0 aliphatic carbocycles. The fourth-order valence-electron chi connectivity index (χ4n) is 2.03. The highest BCUT2D eigenvalue weighted by Gasteiger charge is 2.20. The van der Waals surface area contributed by atoms with Crippen molar-refractivity contribution in [3.63, 3.8) is 0 Å². The molecule has 0 amide bonds. The van der Waals surface area contributed by atoms with Gasteiger partial charge in [0, 0.05) is 22.3 Å². The molecule has 2 aromatic carbocycles. The second-order valence-electron chi connectivity index (χ2n) is 4.68. The van der Waals surface area contributed by atoms with Crippen molar-refractivity contribution in [3.8, 4) is 0 Å². The van der Waals surface area contributed by atoms with E-state index in [2.05, 4.69) is 5.32 Å². The predicted molar refractivity (Wildman–Crippen MR) is 80.0 cm³/mol. The molecule has 2 aromatic rings. The molecule has 5 heteroatoms. The average Bonchev–Trinajstić information content (AvgIpc) is 2.49. The van der Waals surface area contributed by atoms with Gasteiger partial charge in [-0.3, -0.25) is 0 Å². The number of aryl methyl sites for hydroxylation is 1. The molecule has 1 N–H and O–H groups in total. The zero-order valence-corrected chi connectivity index (χ0v) is 12.6. The molecule has 112 valence electrons. The van der Waals surface area contributed by atoms with Crippen molar-refractivity contribution in [1.29, 1.82) is 0 Å². The van der Waals surface area contributed by atoms with Gasteiger partial charge in [0.1, 0.15) is 0 Å². The molecule has 1 atom stereocenters. The highest BCUT2D eigenvalue weighted by Crippen LogP contribution is 2.29. The van der Waals surface area contributed by atoms with Gasteiger partial charge < -0.3 is 5.32 Å². The molecule has 1 unspecified atom stereocenters. The molecule has 0 aliphatic heterocycles. The summed E-state index contributed by atoms with van der Waals surface area (Å²) < 4.78 is 40.2. The first-order chi connectivity index (χ1) is 10.0. The van der Waals surface area contributed by atoms with Gasteiger partial charge in [-0.25, -0.2) is 13.2 Å². The van der Waals surface area contributed by atoms with E-state index in [0.29, 0.717) is 5.75 Å². The topological polar surface area (TPSA) is 12.0 Å². The lowest BCUT2D eigenvalue weighted by Gasteiger charge is -2.18. The highest BCUT2D eigenvalue weighted by molar-refractivity contribution is 7.99. The van der Waals surface area contributed by atoms with Gasteiger partial charge in [-0.05, 0) is 31.7 Å². The first kappa shape index (κ1) is 15.9. The van der Waals surface area contributed by atoms with Crippen LogP contribution in [0.25, 0.3) is 0 Å². The lowest BCUT2D eigenvalue weighted by Crippen LogP contribution is -2.20. The maximum atomic E-state index is 13.8. The summed E-state index contributed by atoms with van der Waals surface area (Å²) in [5.74, 6) is -3.20. The van der Waals surface area contributed by atoms with Crippen LogP contribution in [-0.2, 0) is 0 Å². The van der Waals surface area contributed by atoms with E-state index >= 15 is 0 Å². The van der Waals surface area contributed by atoms with Crippen LogP contribution in [-0.4, -0.2) is 12.8 Å². The summed E-state index contributed by atoms with van der Waals surface area (Å²) in [5.41, 5.74) is 1.26. The molecule has 0 heterocycles. The summed E-state index contributed by atoms with van der Waals surface area (Å²) in [6.45, 7) is 1.99. The Morgan fingerprint density at radius 1 is 1.05 bits per heavy atom. The van der Waals surface area contributed by atoms with Crippen LogP contribution in [0.2, 0.25) is 0 Å². The predicted octanol–water partition coefficient (Wildman–Crippen LogP) is 4.47. The molecule has 0 saturated heterocycles. The van der Waals surface area contributed by atoms with Crippen LogP contribution < -0.4 is 5.32 Å². The van der Waals surface area contributed by atoms with Crippen LogP contribution in [0.5, 0.6) is 0 Å². The van der Waals surface area contributed by atoms with Gasteiger partial charge in [-0.2, -0.15) is 0 Å². The molecule has 1 nitrogen and oxygen atoms in total. The van der Waals surface area contributed by atoms with Crippen LogP contribution in [0.3, 0.4) is 0 Å². The molecule has 0 fully saturated rings. The minimum absolute atomic E-state index is 0.137. The first-order valence-corrected chi connectivity index (χ1v) is 7.52. The van der Waals surface area contributed by atoms with Crippen molar-refractivity contribution in [3.05, 3.63) is 65.0 Å². The van der Waals surface area contributed by atoms with E-state index < -0.39 is 23.5 Å². The molecular weight excluding hydrogens is 295 g/mol. The average molecular weight is 311 g/mol. The standard InChI is InChI=1S/C16H16F3NS/c1-10-5-3-4-6-14(10)21-9-13(20-2)11-7-8-12(17)16(19)15(11)18/h3-8,13,20H,9H2,1-2H3. The van der Waals surface area contributed by atoms with Crippen molar-refractivity contribution in [1.82, 2.24) is 5.32 Å². The van der Waals surface area contributed by atoms with Gasteiger partial charge in [-0.1, -0.05) is 24.3 Å². The molecule has 0 bridgehead atoms. The molecule has 0 saturated carbocycles. The lowest BCUT2D eigenvalue weighted by atomic mass is 10.1. The number of rotatable bonds is 5. The monoisotopic (exact) mass is 311 g/mol. The Kier molecular flexibility index (Phi) is 5.31. The Hall–Kier alpha value is -1.46. The molecule has 21 heavy (non-hydrogen) atoms. The second kappa shape index (κ2) is 7.00. The number of thioether (sulfide) groups is 1. The number of halogens is 3. The van der Waals surface area contributed by atoms with Crippen LogP contribution in [0.15, 0.2) is 41.3 Å². The molecule has 2 rings (SSSR count). The van der Waals surface area contributed by atoms with Crippen LogP contribution >= 0.6 is 11.8 Å². The van der Waals surface area contributed by atoms with E-state index in [1.54, 1.807) is 18.8 Å². The van der Waals surface area contributed by atoms with E-state index in [1.807, 2.05) is 31.2 Å². The molecule has 0 spiro atoms. The maximum Gasteiger partial charge on any atom is 0.194 e. The smallest absolute Gasteiger partial charge is 0.194 e. The SMILES string of the molecule is CNC(CSc1ccccc1C)c1ccc(F)c(F)c1F. The number of benzene rings is 2. The highest BCUT2D eigenvalue weighted by atomic mass is 32.2. The van der Waals surface area contributed by atoms with Crippen LogP contribution in [0.4, 0.5) is 13.2 Å². The van der Waals surface area contributed by atoms with Gasteiger partial charge in [0.15, 0.2) is 17.5 Å². The van der Waals surface area contributed by atoms with Gasteiger partial charge in [-0.15, -0.1) is 11.8 Å². The summed E-state index contributed by atoms with van der Waals surface area (Å²) in [7, 11) is 1.67. The number of nitrogens with one attached hydrogen (secondary N) is 1. The minimum atomic E-state index is -1.42. The van der Waals surface area contributed by atoms with E-state index in [4.69, 9.17) is 0 Å². The second-order valence-corrected chi connectivity index (χ2v) is 5.74. The molecule has 0 radical (unpaired) electrons. The van der Waals surface area contributed by atoms with Crippen molar-refractivity contribution < 1.29 is 13.2 Å². The van der Waals surface area contributed by atoms with E-state index in [0.717, 1.165) is 16.5 Å². The van der Waals surface area contributed by atoms with Crippen molar-refractivity contribution in [2.75, 3.05) is 12.8 Å². The van der Waals surface area contributed by atoms with E-state index in [9.17, 15) is 13.2 Å². The van der Waals surface area contributed by atoms with Crippen molar-refractivity contribution in [2.45, 2.75) is 17.9 Å². The minimum Gasteiger partial charge on any atom is -0.312 e. The Bertz CT molecular complexity index is 631. The fraction of sp³-hybridized carbons (Fsp3) is 0.250. The molecule has 0 aromatic heterocycles. The van der Waals surface area contributed by atoms with Gasteiger partial charge in [0.2, 0.25) is 0 Å². The van der Waals surface area contributed by atoms with Gasteiger partial charge in [0.05, 0.1) is 0 Å². The quantitative estimate of drug-likeness (QED) is 0.646. The summed E-state index contributed by atoms with van der Waals surface area (Å²) >= 11 is 1.55. The van der Waals surface area contributed by atoms with Crippen molar-refractivity contribution >= 4 is 11.8 Å².